The van der Waals surface area contributed by atoms with Crippen LogP contribution in [-0.4, -0.2) is 22.0 Å². The van der Waals surface area contributed by atoms with E-state index in [0.717, 1.165) is 0 Å². The van der Waals surface area contributed by atoms with E-state index in [1.54, 1.807) is 77.2 Å². The molecule has 0 saturated heterocycles. The van der Waals surface area contributed by atoms with Gasteiger partial charge in [0, 0.05) is 46.2 Å². The van der Waals surface area contributed by atoms with E-state index in [2.05, 4.69) is 29.5 Å². The second-order valence-corrected chi connectivity index (χ2v) is 8.31. The molecule has 0 spiro atoms. The van der Waals surface area contributed by atoms with Crippen molar-refractivity contribution in [2.75, 3.05) is 0 Å². The molecule has 1 aromatic heterocycles. The second kappa shape index (κ2) is 10.4. The largest absolute Gasteiger partial charge is 0.444 e. The number of hydrogen-bond donors (Lipinski definition) is 1. The molecule has 7 heteroatoms. The van der Waals surface area contributed by atoms with Gasteiger partial charge in [0.2, 0.25) is 0 Å². The number of aromatic nitrogens is 1. The maximum atomic E-state index is 13.4. The number of benzene rings is 1. The van der Waals surface area contributed by atoms with Crippen molar-refractivity contribution < 1.29 is 9.53 Å². The Bertz CT molecular complexity index is 1250. The monoisotopic (exact) mass is 444 g/mol. The van der Waals surface area contributed by atoms with Crippen LogP contribution in [0.25, 0.3) is 16.8 Å². The third kappa shape index (κ3) is 6.65. The van der Waals surface area contributed by atoms with Crippen LogP contribution in [0.2, 0.25) is 0 Å². The molecule has 0 saturated carbocycles. The highest BCUT2D eigenvalue weighted by atomic mass is 16.6. The van der Waals surface area contributed by atoms with Gasteiger partial charge in [-0.1, -0.05) is 31.4 Å². The first-order valence-electron chi connectivity index (χ1n) is 10.3. The lowest BCUT2D eigenvalue weighted by molar-refractivity contribution is 0.0548. The molecule has 0 aliphatic heterocycles. The van der Waals surface area contributed by atoms with Crippen molar-refractivity contribution in [3.8, 4) is 17.2 Å². The third-order valence-electron chi connectivity index (χ3n) is 4.48. The minimum absolute atomic E-state index is 0.259. The number of carbonyl (C=O) groups is 1. The van der Waals surface area contributed by atoms with Crippen molar-refractivity contribution in [3.63, 3.8) is 0 Å². The number of nitrogens with zero attached hydrogens (tertiary/aromatic N) is 3. The van der Waals surface area contributed by atoms with E-state index in [1.165, 1.54) is 10.8 Å². The number of aliphatic imine (C=N–C) groups is 1. The third-order valence-corrected chi connectivity index (χ3v) is 4.48. The van der Waals surface area contributed by atoms with E-state index in [1.807, 2.05) is 0 Å². The molecule has 1 heterocycles. The van der Waals surface area contributed by atoms with Crippen LogP contribution < -0.4 is 10.9 Å². The highest BCUT2D eigenvalue weighted by Gasteiger charge is 2.17. The van der Waals surface area contributed by atoms with Crippen LogP contribution in [0.5, 0.6) is 0 Å². The summed E-state index contributed by atoms with van der Waals surface area (Å²) in [6.07, 6.45) is 3.99. The molecule has 0 bridgehead atoms. The van der Waals surface area contributed by atoms with E-state index in [0.29, 0.717) is 33.7 Å². The summed E-state index contributed by atoms with van der Waals surface area (Å²) in [5.74, 6) is 0. The highest BCUT2D eigenvalue weighted by Crippen LogP contribution is 2.22. The summed E-state index contributed by atoms with van der Waals surface area (Å²) in [6.45, 7) is 16.3. The van der Waals surface area contributed by atoms with Crippen molar-refractivity contribution in [3.05, 3.63) is 89.1 Å². The molecule has 0 aliphatic carbocycles. The number of ether oxygens (including phenoxy) is 1. The predicted octanol–water partition coefficient (Wildman–Crippen LogP) is 5.24. The van der Waals surface area contributed by atoms with Gasteiger partial charge in [0.15, 0.2) is 0 Å². The summed E-state index contributed by atoms with van der Waals surface area (Å²) in [6, 6.07) is 10.7. The Labute approximate surface area is 194 Å². The zero-order valence-corrected chi connectivity index (χ0v) is 19.6. The lowest BCUT2D eigenvalue weighted by Crippen LogP contribution is -2.31. The summed E-state index contributed by atoms with van der Waals surface area (Å²) in [7, 11) is 0. The maximum Gasteiger partial charge on any atom is 0.412 e. The van der Waals surface area contributed by atoms with Crippen LogP contribution in [0.3, 0.4) is 0 Å². The van der Waals surface area contributed by atoms with Crippen molar-refractivity contribution >= 4 is 17.5 Å². The van der Waals surface area contributed by atoms with Gasteiger partial charge >= 0.3 is 6.09 Å². The number of alkyl carbamates (subject to hydrolysis) is 1. The van der Waals surface area contributed by atoms with Gasteiger partial charge in [0.05, 0.1) is 11.6 Å². The van der Waals surface area contributed by atoms with Gasteiger partial charge in [-0.15, -0.1) is 0 Å². The molecule has 0 radical (unpaired) electrons. The molecule has 2 rings (SSSR count). The van der Waals surface area contributed by atoms with Crippen LogP contribution in [0, 0.1) is 11.3 Å². The van der Waals surface area contributed by atoms with Gasteiger partial charge < -0.3 is 4.74 Å². The topological polar surface area (TPSA) is 96.5 Å². The number of amides is 1. The molecular formula is C26H28N4O3. The van der Waals surface area contributed by atoms with Gasteiger partial charge in [-0.2, -0.15) is 5.26 Å². The van der Waals surface area contributed by atoms with Crippen LogP contribution in [-0.2, 0) is 4.74 Å². The van der Waals surface area contributed by atoms with Gasteiger partial charge in [-0.3, -0.25) is 19.7 Å². The fourth-order valence-corrected chi connectivity index (χ4v) is 3.05. The van der Waals surface area contributed by atoms with E-state index in [-0.39, 0.29) is 11.3 Å². The first-order chi connectivity index (χ1) is 15.5. The Morgan fingerprint density at radius 1 is 1.24 bits per heavy atom. The number of nitrogens with one attached hydrogen (secondary N) is 1. The molecule has 1 amide bonds. The Morgan fingerprint density at radius 3 is 2.52 bits per heavy atom. The van der Waals surface area contributed by atoms with Crippen molar-refractivity contribution in [1.29, 1.82) is 5.26 Å². The molecule has 0 aliphatic rings. The normalized spacial score (nSPS) is 12.0. The first kappa shape index (κ1) is 25.1. The fraction of sp³-hybridized carbons (Fsp3) is 0.231. The van der Waals surface area contributed by atoms with Gasteiger partial charge in [0.25, 0.3) is 5.56 Å². The molecular weight excluding hydrogens is 416 g/mol. The zero-order chi connectivity index (χ0) is 24.8. The van der Waals surface area contributed by atoms with Crippen molar-refractivity contribution in [2.24, 2.45) is 4.99 Å². The van der Waals surface area contributed by atoms with Gasteiger partial charge in [0.1, 0.15) is 5.60 Å². The van der Waals surface area contributed by atoms with Crippen molar-refractivity contribution in [1.82, 2.24) is 9.88 Å². The van der Waals surface area contributed by atoms with Crippen LogP contribution in [0.1, 0.15) is 45.7 Å². The first-order valence-corrected chi connectivity index (χ1v) is 10.3. The average molecular weight is 445 g/mol. The summed E-state index contributed by atoms with van der Waals surface area (Å²) >= 11 is 0. The number of nitriles is 1. The Morgan fingerprint density at radius 2 is 1.91 bits per heavy atom. The van der Waals surface area contributed by atoms with Crippen LogP contribution in [0.15, 0.2) is 77.4 Å². The highest BCUT2D eigenvalue weighted by molar-refractivity contribution is 6.00. The lowest BCUT2D eigenvalue weighted by atomic mass is 9.99. The Hall–Kier alpha value is -4.18. The second-order valence-electron chi connectivity index (χ2n) is 8.31. The Kier molecular flexibility index (Phi) is 7.92. The quantitative estimate of drug-likeness (QED) is 0.487. The molecule has 0 atom stereocenters. The molecule has 7 nitrogen and oxygen atoms in total. The number of hydrogen-bond acceptors (Lipinski definition) is 5. The fourth-order valence-electron chi connectivity index (χ4n) is 3.05. The standard InChI is InChI=1S/C26H28N4O3/c1-8-28-19(4)21-14-23(22-12-10-9-11-20(22)15-27)24(31)30(16-21)18(3)13-17(2)29-25(32)33-26(5,6)7/h8-14,16H,1-2H2,3-7H3,(H,29,32)/b18-13+,28-19?. The van der Waals surface area contributed by atoms with Gasteiger partial charge in [-0.05, 0) is 52.8 Å². The summed E-state index contributed by atoms with van der Waals surface area (Å²) < 4.78 is 6.67. The molecule has 1 aromatic carbocycles. The average Bonchev–Trinajstić information content (AvgIpc) is 2.72. The van der Waals surface area contributed by atoms with Crippen LogP contribution in [0.4, 0.5) is 4.79 Å². The SMILES string of the molecule is C=CN=C(C)c1cc(-c2ccccc2C#N)c(=O)n(/C(C)=C/C(=C)NC(=O)OC(C)(C)C)c1. The zero-order valence-electron chi connectivity index (χ0n) is 19.6. The maximum absolute atomic E-state index is 13.4. The summed E-state index contributed by atoms with van der Waals surface area (Å²) in [5.41, 5.74) is 2.36. The molecule has 2 aromatic rings. The van der Waals surface area contributed by atoms with E-state index < -0.39 is 11.7 Å². The predicted molar refractivity (Wildman–Crippen MR) is 132 cm³/mol. The molecule has 33 heavy (non-hydrogen) atoms. The number of pyridine rings is 1. The number of carbonyl (C=O) groups excluding carboxylic acids is 1. The van der Waals surface area contributed by atoms with E-state index in [4.69, 9.17) is 4.74 Å². The number of allylic oxidation sites excluding steroid dienone is 2. The molecule has 0 fully saturated rings. The molecule has 1 N–H and O–H groups in total. The number of rotatable bonds is 6. The molecule has 170 valence electrons. The molecule has 0 unspecified atom stereocenters. The van der Waals surface area contributed by atoms with E-state index >= 15 is 0 Å². The van der Waals surface area contributed by atoms with Crippen molar-refractivity contribution in [2.45, 2.75) is 40.2 Å². The van der Waals surface area contributed by atoms with Gasteiger partial charge in [-0.25, -0.2) is 4.79 Å². The van der Waals surface area contributed by atoms with Crippen LogP contribution >= 0.6 is 0 Å². The minimum Gasteiger partial charge on any atom is -0.444 e. The Balaban J connectivity index is 2.60. The smallest absolute Gasteiger partial charge is 0.412 e. The lowest BCUT2D eigenvalue weighted by Gasteiger charge is -2.20. The van der Waals surface area contributed by atoms with E-state index in [9.17, 15) is 14.9 Å². The summed E-state index contributed by atoms with van der Waals surface area (Å²) in [4.78, 5) is 29.7. The summed E-state index contributed by atoms with van der Waals surface area (Å²) in [5, 5.41) is 12.1. The minimum atomic E-state index is -0.653.